The number of hydrogen-bond acceptors (Lipinski definition) is 4. The average molecular weight is 345 g/mol. The van der Waals surface area contributed by atoms with Crippen molar-refractivity contribution in [1.82, 2.24) is 9.88 Å². The fourth-order valence-electron chi connectivity index (χ4n) is 1.64. The summed E-state index contributed by atoms with van der Waals surface area (Å²) in [7, 11) is 1.64. The molecule has 2 rings (SSSR count). The maximum absolute atomic E-state index is 12.2. The molecule has 1 aromatic carbocycles. The zero-order chi connectivity index (χ0) is 15.6. The van der Waals surface area contributed by atoms with Gasteiger partial charge in [-0.15, -0.1) is 11.3 Å². The van der Waals surface area contributed by atoms with Crippen LogP contribution in [0.15, 0.2) is 23.6 Å². The van der Waals surface area contributed by atoms with Gasteiger partial charge in [-0.3, -0.25) is 4.79 Å². The number of amides is 1. The lowest BCUT2D eigenvalue weighted by molar-refractivity contribution is 0.0677. The molecule has 1 aromatic heterocycles. The number of likely N-dealkylation sites (N-methyl/N-ethyl adjacent to an activating group) is 1. The van der Waals surface area contributed by atoms with Crippen molar-refractivity contribution in [2.45, 2.75) is 13.0 Å². The molecule has 112 valence electrons. The van der Waals surface area contributed by atoms with Gasteiger partial charge in [0.05, 0.1) is 22.7 Å². The summed E-state index contributed by atoms with van der Waals surface area (Å²) in [6, 6.07) is 4.97. The molecule has 2 aromatic rings. The van der Waals surface area contributed by atoms with Gasteiger partial charge in [0.15, 0.2) is 0 Å². The Kier molecular flexibility index (Phi) is 5.22. The van der Waals surface area contributed by atoms with Gasteiger partial charge >= 0.3 is 0 Å². The Labute approximate surface area is 136 Å². The lowest BCUT2D eigenvalue weighted by Crippen LogP contribution is -2.37. The molecular formula is C14H14Cl2N2O2S. The first kappa shape index (κ1) is 16.2. The largest absolute Gasteiger partial charge is 0.394 e. The summed E-state index contributed by atoms with van der Waals surface area (Å²) >= 11 is 13.2. The summed E-state index contributed by atoms with van der Waals surface area (Å²) in [4.78, 5) is 18.0. The Hall–Kier alpha value is -1.14. The highest BCUT2D eigenvalue weighted by Gasteiger charge is 2.20. The molecule has 0 saturated heterocycles. The lowest BCUT2D eigenvalue weighted by Gasteiger charge is -2.21. The second kappa shape index (κ2) is 6.75. The molecule has 4 nitrogen and oxygen atoms in total. The summed E-state index contributed by atoms with van der Waals surface area (Å²) in [5.41, 5.74) is 1.16. The maximum atomic E-state index is 12.2. The number of hydrogen-bond donors (Lipinski definition) is 1. The molecule has 7 heteroatoms. The highest BCUT2D eigenvalue weighted by Crippen LogP contribution is 2.30. The van der Waals surface area contributed by atoms with Crippen LogP contribution in [0.3, 0.4) is 0 Å². The van der Waals surface area contributed by atoms with Gasteiger partial charge in [0.25, 0.3) is 5.91 Å². The molecule has 1 amide bonds. The molecule has 0 bridgehead atoms. The third kappa shape index (κ3) is 3.55. The number of thiazole rings is 1. The SMILES string of the molecule is CC(CO)N(C)C(=O)c1csc(-c2ccc(Cl)c(Cl)c2)n1. The van der Waals surface area contributed by atoms with Gasteiger partial charge in [-0.1, -0.05) is 29.3 Å². The van der Waals surface area contributed by atoms with Gasteiger partial charge in [-0.05, 0) is 19.1 Å². The predicted octanol–water partition coefficient (Wildman–Crippen LogP) is 3.57. The quantitative estimate of drug-likeness (QED) is 0.922. The molecule has 0 spiro atoms. The molecule has 1 atom stereocenters. The van der Waals surface area contributed by atoms with E-state index in [4.69, 9.17) is 28.3 Å². The number of aliphatic hydroxyl groups is 1. The Morgan fingerprint density at radius 2 is 2.14 bits per heavy atom. The summed E-state index contributed by atoms with van der Waals surface area (Å²) in [5.74, 6) is -0.223. The van der Waals surface area contributed by atoms with Gasteiger partial charge in [0.2, 0.25) is 0 Å². The van der Waals surface area contributed by atoms with Crippen LogP contribution >= 0.6 is 34.5 Å². The number of carbonyl (C=O) groups excluding carboxylic acids is 1. The minimum Gasteiger partial charge on any atom is -0.394 e. The molecule has 1 heterocycles. The molecular weight excluding hydrogens is 331 g/mol. The maximum Gasteiger partial charge on any atom is 0.273 e. The molecule has 1 unspecified atom stereocenters. The van der Waals surface area contributed by atoms with Crippen LogP contribution < -0.4 is 0 Å². The van der Waals surface area contributed by atoms with Crippen molar-refractivity contribution >= 4 is 40.4 Å². The van der Waals surface area contributed by atoms with Gasteiger partial charge in [0.1, 0.15) is 10.7 Å². The van der Waals surface area contributed by atoms with Gasteiger partial charge in [0, 0.05) is 18.0 Å². The number of rotatable bonds is 4. The molecule has 21 heavy (non-hydrogen) atoms. The van der Waals surface area contributed by atoms with Crippen molar-refractivity contribution in [3.05, 3.63) is 39.3 Å². The molecule has 0 fully saturated rings. The number of halogens is 2. The third-order valence-corrected chi connectivity index (χ3v) is 4.77. The van der Waals surface area contributed by atoms with Crippen LogP contribution in [-0.4, -0.2) is 40.6 Å². The Balaban J connectivity index is 2.25. The first-order valence-corrected chi connectivity index (χ1v) is 7.86. The molecule has 0 aliphatic rings. The van der Waals surface area contributed by atoms with E-state index in [0.717, 1.165) is 5.56 Å². The normalized spacial score (nSPS) is 12.2. The summed E-state index contributed by atoms with van der Waals surface area (Å²) in [6.07, 6.45) is 0. The van der Waals surface area contributed by atoms with Crippen LogP contribution in [-0.2, 0) is 0 Å². The molecule has 1 N–H and O–H groups in total. The summed E-state index contributed by atoms with van der Waals surface area (Å²) in [6.45, 7) is 1.68. The molecule has 0 aliphatic carbocycles. The highest BCUT2D eigenvalue weighted by molar-refractivity contribution is 7.13. The molecule has 0 aliphatic heterocycles. The van der Waals surface area contributed by atoms with Gasteiger partial charge in [-0.25, -0.2) is 4.98 Å². The van der Waals surface area contributed by atoms with Gasteiger partial charge in [-0.2, -0.15) is 0 Å². The minimum absolute atomic E-state index is 0.0912. The van der Waals surface area contributed by atoms with Crippen molar-refractivity contribution < 1.29 is 9.90 Å². The Morgan fingerprint density at radius 1 is 1.43 bits per heavy atom. The van der Waals surface area contributed by atoms with Crippen molar-refractivity contribution in [3.63, 3.8) is 0 Å². The third-order valence-electron chi connectivity index (χ3n) is 3.14. The van der Waals surface area contributed by atoms with Crippen LogP contribution in [0.4, 0.5) is 0 Å². The van der Waals surface area contributed by atoms with E-state index in [9.17, 15) is 4.79 Å². The standard InChI is InChI=1S/C14H14Cl2N2O2S/c1-8(6-19)18(2)14(20)12-7-21-13(17-12)9-3-4-10(15)11(16)5-9/h3-5,7-8,19H,6H2,1-2H3. The first-order chi connectivity index (χ1) is 9.93. The predicted molar refractivity (Wildman–Crippen MR) is 86.2 cm³/mol. The summed E-state index contributed by atoms with van der Waals surface area (Å²) < 4.78 is 0. The van der Waals surface area contributed by atoms with Crippen LogP contribution in [0.2, 0.25) is 10.0 Å². The van der Waals surface area contributed by atoms with E-state index in [2.05, 4.69) is 4.98 Å². The van der Waals surface area contributed by atoms with E-state index in [1.54, 1.807) is 37.6 Å². The van der Waals surface area contributed by atoms with Crippen molar-refractivity contribution in [1.29, 1.82) is 0 Å². The number of benzene rings is 1. The number of carbonyl (C=O) groups is 1. The van der Waals surface area contributed by atoms with E-state index >= 15 is 0 Å². The van der Waals surface area contributed by atoms with Crippen molar-refractivity contribution in [3.8, 4) is 10.6 Å². The first-order valence-electron chi connectivity index (χ1n) is 6.23. The number of aliphatic hydroxyl groups excluding tert-OH is 1. The number of aromatic nitrogens is 1. The average Bonchev–Trinajstić information content (AvgIpc) is 2.97. The van der Waals surface area contributed by atoms with Crippen LogP contribution in [0.1, 0.15) is 17.4 Å². The smallest absolute Gasteiger partial charge is 0.273 e. The van der Waals surface area contributed by atoms with Crippen LogP contribution in [0.25, 0.3) is 10.6 Å². The van der Waals surface area contributed by atoms with Crippen molar-refractivity contribution in [2.24, 2.45) is 0 Å². The molecule has 0 saturated carbocycles. The second-order valence-electron chi connectivity index (χ2n) is 4.61. The van der Waals surface area contributed by atoms with E-state index < -0.39 is 0 Å². The van der Waals surface area contributed by atoms with Crippen LogP contribution in [0, 0.1) is 0 Å². The topological polar surface area (TPSA) is 53.4 Å². The fraction of sp³-hybridized carbons (Fsp3) is 0.286. The highest BCUT2D eigenvalue weighted by atomic mass is 35.5. The zero-order valence-electron chi connectivity index (χ0n) is 11.5. The van der Waals surface area contributed by atoms with E-state index in [1.165, 1.54) is 16.2 Å². The summed E-state index contributed by atoms with van der Waals surface area (Å²) in [5, 5.41) is 12.4. The van der Waals surface area contributed by atoms with Gasteiger partial charge < -0.3 is 10.0 Å². The zero-order valence-corrected chi connectivity index (χ0v) is 13.8. The monoisotopic (exact) mass is 344 g/mol. The minimum atomic E-state index is -0.257. The molecule has 0 radical (unpaired) electrons. The Morgan fingerprint density at radius 3 is 2.76 bits per heavy atom. The fourth-order valence-corrected chi connectivity index (χ4v) is 2.73. The van der Waals surface area contributed by atoms with E-state index in [1.807, 2.05) is 0 Å². The second-order valence-corrected chi connectivity index (χ2v) is 6.29. The number of nitrogens with zero attached hydrogens (tertiary/aromatic N) is 2. The lowest BCUT2D eigenvalue weighted by atomic mass is 10.2. The Bertz CT molecular complexity index is 660. The van der Waals surface area contributed by atoms with E-state index in [-0.39, 0.29) is 18.6 Å². The van der Waals surface area contributed by atoms with Crippen LogP contribution in [0.5, 0.6) is 0 Å². The van der Waals surface area contributed by atoms with E-state index in [0.29, 0.717) is 20.7 Å². The van der Waals surface area contributed by atoms with Crippen molar-refractivity contribution in [2.75, 3.05) is 13.7 Å².